The minimum atomic E-state index is 0.0271. The Hall–Kier alpha value is -1.42. The maximum atomic E-state index is 11.7. The lowest BCUT2D eigenvalue weighted by atomic mass is 10.00. The second kappa shape index (κ2) is 4.69. The molecule has 1 aromatic heterocycles. The lowest BCUT2D eigenvalue weighted by molar-refractivity contribution is -0.118. The van der Waals surface area contributed by atoms with Crippen LogP contribution in [-0.4, -0.2) is 23.4 Å². The summed E-state index contributed by atoms with van der Waals surface area (Å²) in [6, 6.07) is 8.18. The van der Waals surface area contributed by atoms with Crippen LogP contribution in [0.4, 0.5) is 5.13 Å². The van der Waals surface area contributed by atoms with Gasteiger partial charge in [0, 0.05) is 6.54 Å². The Kier molecular flexibility index (Phi) is 3.04. The zero-order chi connectivity index (χ0) is 12.5. The number of rotatable bonds is 2. The number of benzene rings is 1. The zero-order valence-electron chi connectivity index (χ0n) is 10.4. The van der Waals surface area contributed by atoms with Crippen molar-refractivity contribution in [1.82, 2.24) is 4.98 Å². The summed E-state index contributed by atoms with van der Waals surface area (Å²) in [5, 5.41) is 0.996. The number of piperidine rings is 1. The number of hydrogen-bond donors (Lipinski definition) is 0. The van der Waals surface area contributed by atoms with Gasteiger partial charge < -0.3 is 4.90 Å². The number of aromatic nitrogens is 1. The van der Waals surface area contributed by atoms with Gasteiger partial charge in [-0.25, -0.2) is 4.98 Å². The first-order valence-electron chi connectivity index (χ1n) is 6.38. The summed E-state index contributed by atoms with van der Waals surface area (Å²) in [6.45, 7) is 2.64. The fraction of sp³-hybridized carbons (Fsp3) is 0.429. The molecule has 0 N–H and O–H groups in total. The van der Waals surface area contributed by atoms with Crippen LogP contribution in [0.15, 0.2) is 24.3 Å². The number of thiazole rings is 1. The van der Waals surface area contributed by atoms with Gasteiger partial charge in [0.05, 0.1) is 16.3 Å². The number of carbonyl (C=O) groups excluding carboxylic acids is 1. The Morgan fingerprint density at radius 1 is 1.39 bits per heavy atom. The van der Waals surface area contributed by atoms with Gasteiger partial charge in [-0.2, -0.15) is 0 Å². The van der Waals surface area contributed by atoms with Gasteiger partial charge in [-0.15, -0.1) is 0 Å². The third kappa shape index (κ3) is 2.01. The van der Waals surface area contributed by atoms with Crippen molar-refractivity contribution in [3.63, 3.8) is 0 Å². The van der Waals surface area contributed by atoms with Crippen LogP contribution in [0.3, 0.4) is 0 Å². The van der Waals surface area contributed by atoms with E-state index in [-0.39, 0.29) is 11.8 Å². The SMILES string of the molecule is CC(=O)C1CCCCN1c1nc2ccccc2s1. The van der Waals surface area contributed by atoms with Gasteiger partial charge in [0.1, 0.15) is 0 Å². The summed E-state index contributed by atoms with van der Waals surface area (Å²) in [5.41, 5.74) is 1.03. The highest BCUT2D eigenvalue weighted by atomic mass is 32.1. The lowest BCUT2D eigenvalue weighted by Crippen LogP contribution is -2.43. The third-order valence-corrected chi connectivity index (χ3v) is 4.57. The van der Waals surface area contributed by atoms with Crippen molar-refractivity contribution < 1.29 is 4.79 Å². The molecule has 1 aromatic carbocycles. The minimum absolute atomic E-state index is 0.0271. The molecule has 0 saturated carbocycles. The first-order valence-corrected chi connectivity index (χ1v) is 7.20. The highest BCUT2D eigenvalue weighted by Crippen LogP contribution is 2.32. The molecule has 1 saturated heterocycles. The van der Waals surface area contributed by atoms with Crippen molar-refractivity contribution in [3.8, 4) is 0 Å². The highest BCUT2D eigenvalue weighted by Gasteiger charge is 2.28. The van der Waals surface area contributed by atoms with Gasteiger partial charge in [-0.05, 0) is 38.3 Å². The lowest BCUT2D eigenvalue weighted by Gasteiger charge is -2.33. The number of para-hydroxylation sites is 1. The van der Waals surface area contributed by atoms with E-state index in [4.69, 9.17) is 0 Å². The molecule has 2 heterocycles. The molecule has 0 radical (unpaired) electrons. The minimum Gasteiger partial charge on any atom is -0.338 e. The number of fused-ring (bicyclic) bond motifs is 1. The Labute approximate surface area is 110 Å². The van der Waals surface area contributed by atoms with Crippen LogP contribution >= 0.6 is 11.3 Å². The maximum Gasteiger partial charge on any atom is 0.187 e. The molecule has 1 atom stereocenters. The van der Waals surface area contributed by atoms with Crippen LogP contribution < -0.4 is 4.90 Å². The van der Waals surface area contributed by atoms with Crippen LogP contribution in [0.25, 0.3) is 10.2 Å². The number of Topliss-reactive ketones (excluding diaryl/α,β-unsaturated/α-hetero) is 1. The van der Waals surface area contributed by atoms with Gasteiger partial charge in [0.2, 0.25) is 0 Å². The Morgan fingerprint density at radius 3 is 3.00 bits per heavy atom. The van der Waals surface area contributed by atoms with Crippen LogP contribution in [0.5, 0.6) is 0 Å². The first kappa shape index (κ1) is 11.7. The molecule has 18 heavy (non-hydrogen) atoms. The molecule has 3 nitrogen and oxygen atoms in total. The Morgan fingerprint density at radius 2 is 2.22 bits per heavy atom. The topological polar surface area (TPSA) is 33.2 Å². The number of hydrogen-bond acceptors (Lipinski definition) is 4. The molecule has 1 aliphatic rings. The molecule has 1 aliphatic heterocycles. The van der Waals surface area contributed by atoms with Crippen molar-refractivity contribution >= 4 is 32.5 Å². The van der Waals surface area contributed by atoms with Gasteiger partial charge in [0.15, 0.2) is 10.9 Å². The molecule has 1 fully saturated rings. The molecular formula is C14H16N2OS. The molecular weight excluding hydrogens is 244 g/mol. The summed E-state index contributed by atoms with van der Waals surface area (Å²) in [6.07, 6.45) is 3.26. The fourth-order valence-corrected chi connectivity index (χ4v) is 3.61. The predicted molar refractivity (Wildman–Crippen MR) is 75.3 cm³/mol. The van der Waals surface area contributed by atoms with Crippen molar-refractivity contribution in [2.45, 2.75) is 32.2 Å². The third-order valence-electron chi connectivity index (χ3n) is 3.50. The number of nitrogens with zero attached hydrogens (tertiary/aromatic N) is 2. The van der Waals surface area contributed by atoms with E-state index in [1.54, 1.807) is 18.3 Å². The average molecular weight is 260 g/mol. The summed E-state index contributed by atoms with van der Waals surface area (Å²) >= 11 is 1.69. The predicted octanol–water partition coefficient (Wildman–Crippen LogP) is 3.24. The van der Waals surface area contributed by atoms with Crippen LogP contribution in [-0.2, 0) is 4.79 Å². The Balaban J connectivity index is 1.98. The number of ketones is 1. The van der Waals surface area contributed by atoms with Gasteiger partial charge in [-0.1, -0.05) is 23.5 Å². The quantitative estimate of drug-likeness (QED) is 0.831. The van der Waals surface area contributed by atoms with E-state index in [0.29, 0.717) is 0 Å². The molecule has 2 aromatic rings. The van der Waals surface area contributed by atoms with Crippen molar-refractivity contribution in [3.05, 3.63) is 24.3 Å². The van der Waals surface area contributed by atoms with E-state index in [1.165, 1.54) is 4.70 Å². The normalized spacial score (nSPS) is 20.3. The van der Waals surface area contributed by atoms with Crippen molar-refractivity contribution in [1.29, 1.82) is 0 Å². The molecule has 0 amide bonds. The molecule has 94 valence electrons. The van der Waals surface area contributed by atoms with E-state index in [2.05, 4.69) is 16.0 Å². The van der Waals surface area contributed by atoms with E-state index in [9.17, 15) is 4.79 Å². The van der Waals surface area contributed by atoms with Gasteiger partial charge >= 0.3 is 0 Å². The average Bonchev–Trinajstić information content (AvgIpc) is 2.82. The number of anilines is 1. The zero-order valence-corrected chi connectivity index (χ0v) is 11.2. The molecule has 4 heteroatoms. The molecule has 1 unspecified atom stereocenters. The standard InChI is InChI=1S/C14H16N2OS/c1-10(17)12-7-4-5-9-16(12)14-15-11-6-2-3-8-13(11)18-14/h2-3,6,8,12H,4-5,7,9H2,1H3. The fourth-order valence-electron chi connectivity index (χ4n) is 2.57. The molecule has 3 rings (SSSR count). The second-order valence-corrected chi connectivity index (χ2v) is 5.79. The van der Waals surface area contributed by atoms with Crippen LogP contribution in [0.2, 0.25) is 0 Å². The molecule has 0 bridgehead atoms. The van der Waals surface area contributed by atoms with Crippen molar-refractivity contribution in [2.24, 2.45) is 0 Å². The molecule has 0 spiro atoms. The van der Waals surface area contributed by atoms with E-state index in [0.717, 1.165) is 36.5 Å². The highest BCUT2D eigenvalue weighted by molar-refractivity contribution is 7.22. The van der Waals surface area contributed by atoms with E-state index < -0.39 is 0 Å². The number of carbonyl (C=O) groups is 1. The second-order valence-electron chi connectivity index (χ2n) is 4.78. The summed E-state index contributed by atoms with van der Waals surface area (Å²) in [7, 11) is 0. The largest absolute Gasteiger partial charge is 0.338 e. The first-order chi connectivity index (χ1) is 8.75. The van der Waals surface area contributed by atoms with E-state index >= 15 is 0 Å². The Bertz CT molecular complexity index is 545. The summed E-state index contributed by atoms with van der Waals surface area (Å²) in [5.74, 6) is 0.258. The maximum absolute atomic E-state index is 11.7. The van der Waals surface area contributed by atoms with Crippen LogP contribution in [0, 0.1) is 0 Å². The summed E-state index contributed by atoms with van der Waals surface area (Å²) < 4.78 is 1.19. The smallest absolute Gasteiger partial charge is 0.187 e. The van der Waals surface area contributed by atoms with Crippen molar-refractivity contribution in [2.75, 3.05) is 11.4 Å². The van der Waals surface area contributed by atoms with Gasteiger partial charge in [0.25, 0.3) is 0 Å². The van der Waals surface area contributed by atoms with E-state index in [1.807, 2.05) is 18.2 Å². The molecule has 0 aliphatic carbocycles. The summed E-state index contributed by atoms with van der Waals surface area (Å²) in [4.78, 5) is 18.6. The monoisotopic (exact) mass is 260 g/mol. The van der Waals surface area contributed by atoms with Gasteiger partial charge in [-0.3, -0.25) is 4.79 Å². The van der Waals surface area contributed by atoms with Crippen LogP contribution in [0.1, 0.15) is 26.2 Å².